The smallest absolute Gasteiger partial charge is 0.352 e. The van der Waals surface area contributed by atoms with Gasteiger partial charge in [0.15, 0.2) is 5.82 Å². The highest BCUT2D eigenvalue weighted by atomic mass is 35.5. The van der Waals surface area contributed by atoms with Gasteiger partial charge in [-0.1, -0.05) is 11.6 Å². The van der Waals surface area contributed by atoms with E-state index in [1.165, 1.54) is 29.1 Å². The fourth-order valence-electron chi connectivity index (χ4n) is 3.55. The molecule has 2 aromatic rings. The van der Waals surface area contributed by atoms with Crippen LogP contribution >= 0.6 is 11.6 Å². The summed E-state index contributed by atoms with van der Waals surface area (Å²) in [4.78, 5) is 15.3. The first-order valence-electron chi connectivity index (χ1n) is 9.60. The molecule has 168 valence electrons. The fraction of sp³-hybridized carbons (Fsp3) is 0.450. The number of halogens is 5. The number of piperidine rings is 1. The number of aromatic nitrogens is 2. The van der Waals surface area contributed by atoms with E-state index in [0.717, 1.165) is 6.07 Å². The molecule has 1 saturated heterocycles. The van der Waals surface area contributed by atoms with Crippen molar-refractivity contribution in [1.29, 1.82) is 0 Å². The maximum absolute atomic E-state index is 14.1. The SMILES string of the molecule is Cc1cc(CNC(=O)N(C)[C@@H]2CC(C(F)(F)F)CN(c3cccnn3)C2)c(F)cc1Cl. The van der Waals surface area contributed by atoms with E-state index in [1.54, 1.807) is 19.1 Å². The van der Waals surface area contributed by atoms with E-state index >= 15 is 0 Å². The summed E-state index contributed by atoms with van der Waals surface area (Å²) in [7, 11) is 1.43. The topological polar surface area (TPSA) is 61.4 Å². The van der Waals surface area contributed by atoms with Crippen LogP contribution in [-0.4, -0.2) is 53.5 Å². The number of urea groups is 1. The third-order valence-corrected chi connectivity index (χ3v) is 5.81. The summed E-state index contributed by atoms with van der Waals surface area (Å²) >= 11 is 5.87. The molecule has 2 amide bonds. The number of benzene rings is 1. The molecule has 1 aromatic carbocycles. The molecule has 0 aliphatic carbocycles. The first-order valence-corrected chi connectivity index (χ1v) is 9.98. The normalized spacial score (nSPS) is 19.3. The summed E-state index contributed by atoms with van der Waals surface area (Å²) in [6.07, 6.45) is -3.22. The van der Waals surface area contributed by atoms with Gasteiger partial charge in [0.25, 0.3) is 0 Å². The zero-order chi connectivity index (χ0) is 22.8. The van der Waals surface area contributed by atoms with Gasteiger partial charge in [0, 0.05) is 43.5 Å². The molecule has 0 saturated carbocycles. The number of hydrogen-bond donors (Lipinski definition) is 1. The second kappa shape index (κ2) is 9.25. The number of carbonyl (C=O) groups excluding carboxylic acids is 1. The summed E-state index contributed by atoms with van der Waals surface area (Å²) < 4.78 is 54.6. The first kappa shape index (κ1) is 23.1. The summed E-state index contributed by atoms with van der Waals surface area (Å²) in [5, 5.41) is 10.5. The van der Waals surface area contributed by atoms with Crippen LogP contribution < -0.4 is 10.2 Å². The van der Waals surface area contributed by atoms with Gasteiger partial charge in [0.05, 0.1) is 12.0 Å². The number of alkyl halides is 3. The minimum Gasteiger partial charge on any atom is -0.352 e. The second-order valence-corrected chi connectivity index (χ2v) is 7.98. The molecule has 2 heterocycles. The molecule has 3 rings (SSSR count). The Labute approximate surface area is 182 Å². The summed E-state index contributed by atoms with van der Waals surface area (Å²) in [6, 6.07) is 4.53. The predicted molar refractivity (Wildman–Crippen MR) is 108 cm³/mol. The predicted octanol–water partition coefficient (Wildman–Crippen LogP) is 4.18. The molecule has 0 bridgehead atoms. The zero-order valence-electron chi connectivity index (χ0n) is 17.0. The van der Waals surface area contributed by atoms with Gasteiger partial charge in [-0.05, 0) is 43.2 Å². The van der Waals surface area contributed by atoms with Crippen LogP contribution in [0.15, 0.2) is 30.5 Å². The van der Waals surface area contributed by atoms with Crippen molar-refractivity contribution >= 4 is 23.4 Å². The van der Waals surface area contributed by atoms with Gasteiger partial charge in [0.2, 0.25) is 0 Å². The van der Waals surface area contributed by atoms with Gasteiger partial charge < -0.3 is 15.1 Å². The monoisotopic (exact) mass is 459 g/mol. The van der Waals surface area contributed by atoms with Crippen LogP contribution in [0.25, 0.3) is 0 Å². The Hall–Kier alpha value is -2.62. The summed E-state index contributed by atoms with van der Waals surface area (Å²) in [5.41, 5.74) is 0.891. The van der Waals surface area contributed by atoms with Gasteiger partial charge in [-0.2, -0.15) is 18.3 Å². The molecule has 2 atom stereocenters. The van der Waals surface area contributed by atoms with E-state index in [4.69, 9.17) is 11.6 Å². The number of hydrogen-bond acceptors (Lipinski definition) is 4. The van der Waals surface area contributed by atoms with Crippen molar-refractivity contribution in [3.8, 4) is 0 Å². The molecule has 1 aromatic heterocycles. The minimum atomic E-state index is -4.42. The van der Waals surface area contributed by atoms with Crippen molar-refractivity contribution < 1.29 is 22.4 Å². The maximum atomic E-state index is 14.1. The molecule has 6 nitrogen and oxygen atoms in total. The van der Waals surface area contributed by atoms with E-state index in [1.807, 2.05) is 0 Å². The minimum absolute atomic E-state index is 0.115. The van der Waals surface area contributed by atoms with Crippen molar-refractivity contribution in [3.05, 3.63) is 52.4 Å². The highest BCUT2D eigenvalue weighted by Crippen LogP contribution is 2.35. The van der Waals surface area contributed by atoms with Crippen molar-refractivity contribution in [1.82, 2.24) is 20.4 Å². The van der Waals surface area contributed by atoms with E-state index in [9.17, 15) is 22.4 Å². The molecule has 1 fully saturated rings. The third kappa shape index (κ3) is 5.55. The number of aryl methyl sites for hydroxylation is 1. The Morgan fingerprint density at radius 2 is 2.10 bits per heavy atom. The Bertz CT molecular complexity index is 928. The molecule has 11 heteroatoms. The van der Waals surface area contributed by atoms with Crippen molar-refractivity contribution in [2.45, 2.75) is 32.1 Å². The van der Waals surface area contributed by atoms with Crippen LogP contribution in [0.1, 0.15) is 17.5 Å². The maximum Gasteiger partial charge on any atom is 0.393 e. The Balaban J connectivity index is 1.71. The second-order valence-electron chi connectivity index (χ2n) is 7.58. The number of likely N-dealkylation sites (N-methyl/N-ethyl adjacent to an activating group) is 1. The van der Waals surface area contributed by atoms with Crippen LogP contribution in [0.3, 0.4) is 0 Å². The number of nitrogens with zero attached hydrogens (tertiary/aromatic N) is 4. The average Bonchev–Trinajstić information content (AvgIpc) is 2.74. The Morgan fingerprint density at radius 1 is 1.35 bits per heavy atom. The van der Waals surface area contributed by atoms with Crippen LogP contribution in [0.4, 0.5) is 28.2 Å². The molecule has 1 aliphatic heterocycles. The van der Waals surface area contributed by atoms with E-state index in [-0.39, 0.29) is 36.6 Å². The number of nitrogens with one attached hydrogen (secondary N) is 1. The summed E-state index contributed by atoms with van der Waals surface area (Å²) in [6.45, 7) is 1.50. The molecule has 31 heavy (non-hydrogen) atoms. The molecule has 0 radical (unpaired) electrons. The Kier molecular flexibility index (Phi) is 6.88. The van der Waals surface area contributed by atoms with E-state index in [0.29, 0.717) is 11.4 Å². The van der Waals surface area contributed by atoms with Crippen LogP contribution in [0, 0.1) is 18.7 Å². The fourth-order valence-corrected chi connectivity index (χ4v) is 3.70. The zero-order valence-corrected chi connectivity index (χ0v) is 17.7. The highest BCUT2D eigenvalue weighted by molar-refractivity contribution is 6.31. The molecule has 1 N–H and O–H groups in total. The molecule has 0 spiro atoms. The first-order chi connectivity index (χ1) is 14.6. The summed E-state index contributed by atoms with van der Waals surface area (Å²) in [5.74, 6) is -1.88. The molecular formula is C20H22ClF4N5O. The number of carbonyl (C=O) groups is 1. The number of amides is 2. The lowest BCUT2D eigenvalue weighted by Crippen LogP contribution is -2.56. The lowest BCUT2D eigenvalue weighted by molar-refractivity contribution is -0.179. The van der Waals surface area contributed by atoms with E-state index in [2.05, 4.69) is 15.5 Å². The van der Waals surface area contributed by atoms with Crippen LogP contribution in [0.5, 0.6) is 0 Å². The van der Waals surface area contributed by atoms with Crippen molar-refractivity contribution in [2.75, 3.05) is 25.0 Å². The van der Waals surface area contributed by atoms with Gasteiger partial charge in [-0.25, -0.2) is 9.18 Å². The van der Waals surface area contributed by atoms with Crippen LogP contribution in [0.2, 0.25) is 5.02 Å². The number of anilines is 1. The standard InChI is InChI=1S/C20H22ClF4N5O/c1-12-6-13(17(22)8-16(12)21)9-26-19(31)29(2)15-7-14(20(23,24)25)10-30(11-15)18-4-3-5-27-28-18/h3-6,8,14-15H,7,9-11H2,1-2H3,(H,26,31)/t14?,15-/m1/s1. The van der Waals surface area contributed by atoms with Gasteiger partial charge in [-0.15, -0.1) is 5.10 Å². The lowest BCUT2D eigenvalue weighted by atomic mass is 9.93. The average molecular weight is 460 g/mol. The molecule has 1 aliphatic rings. The quantitative estimate of drug-likeness (QED) is 0.697. The molecule has 1 unspecified atom stereocenters. The molecular weight excluding hydrogens is 438 g/mol. The largest absolute Gasteiger partial charge is 0.393 e. The van der Waals surface area contributed by atoms with Crippen LogP contribution in [-0.2, 0) is 6.54 Å². The van der Waals surface area contributed by atoms with Crippen molar-refractivity contribution in [3.63, 3.8) is 0 Å². The lowest BCUT2D eigenvalue weighted by Gasteiger charge is -2.42. The number of rotatable bonds is 4. The van der Waals surface area contributed by atoms with E-state index < -0.39 is 30.0 Å². The van der Waals surface area contributed by atoms with Gasteiger partial charge >= 0.3 is 12.2 Å². The highest BCUT2D eigenvalue weighted by Gasteiger charge is 2.46. The van der Waals surface area contributed by atoms with Crippen molar-refractivity contribution in [2.24, 2.45) is 5.92 Å². The Morgan fingerprint density at radius 3 is 2.74 bits per heavy atom. The van der Waals surface area contributed by atoms with Gasteiger partial charge in [-0.3, -0.25) is 0 Å². The van der Waals surface area contributed by atoms with Gasteiger partial charge in [0.1, 0.15) is 5.82 Å². The third-order valence-electron chi connectivity index (χ3n) is 5.40.